The van der Waals surface area contributed by atoms with Crippen LogP contribution in [0.4, 0.5) is 5.69 Å². The third-order valence-electron chi connectivity index (χ3n) is 6.05. The molecule has 1 aliphatic heterocycles. The number of piperidine rings is 1. The second kappa shape index (κ2) is 7.91. The summed E-state index contributed by atoms with van der Waals surface area (Å²) in [5.41, 5.74) is 0.971. The fraction of sp³-hybridized carbons (Fsp3) is 0.478. The number of nitrogens with one attached hydrogen (secondary N) is 1. The topological polar surface area (TPSA) is 96.7 Å². The molecule has 1 saturated heterocycles. The van der Waals surface area contributed by atoms with Crippen LogP contribution in [0, 0.1) is 12.3 Å². The van der Waals surface area contributed by atoms with E-state index in [0.29, 0.717) is 42.8 Å². The maximum atomic E-state index is 13.2. The highest BCUT2D eigenvalue weighted by Gasteiger charge is 2.37. The molecule has 2 aromatic rings. The van der Waals surface area contributed by atoms with Crippen LogP contribution >= 0.6 is 0 Å². The smallest absolute Gasteiger partial charge is 0.291 e. The second-order valence-electron chi connectivity index (χ2n) is 9.21. The van der Waals surface area contributed by atoms with E-state index < -0.39 is 15.9 Å². The van der Waals surface area contributed by atoms with Crippen molar-refractivity contribution in [2.24, 2.45) is 5.41 Å². The van der Waals surface area contributed by atoms with Crippen molar-refractivity contribution in [3.05, 3.63) is 46.9 Å². The van der Waals surface area contributed by atoms with Crippen LogP contribution in [0.25, 0.3) is 0 Å². The standard InChI is InChI=1S/C23H28N2O5S/c1-15-20-17(26)13-23(2,3)14-18(20)30-21(15)22(27)24-16-9-5-6-10-19(16)31(28,29)25-11-7-4-8-12-25/h5-6,9-10H,4,7-8,11-14H2,1-3H3,(H,24,27). The fourth-order valence-corrected chi connectivity index (χ4v) is 6.18. The van der Waals surface area contributed by atoms with Crippen LogP contribution in [0.1, 0.15) is 71.8 Å². The average molecular weight is 445 g/mol. The Labute approximate surface area is 182 Å². The molecule has 1 N–H and O–H groups in total. The third kappa shape index (κ3) is 4.06. The predicted octanol–water partition coefficient (Wildman–Crippen LogP) is 4.17. The first-order chi connectivity index (χ1) is 14.6. The zero-order valence-corrected chi connectivity index (χ0v) is 19.0. The van der Waals surface area contributed by atoms with Crippen molar-refractivity contribution in [2.75, 3.05) is 18.4 Å². The molecule has 1 amide bonds. The molecule has 1 aromatic heterocycles. The van der Waals surface area contributed by atoms with E-state index >= 15 is 0 Å². The number of rotatable bonds is 4. The third-order valence-corrected chi connectivity index (χ3v) is 8.01. The zero-order valence-electron chi connectivity index (χ0n) is 18.2. The minimum absolute atomic E-state index is 0.0281. The van der Waals surface area contributed by atoms with Crippen molar-refractivity contribution in [3.8, 4) is 0 Å². The Kier molecular flexibility index (Phi) is 5.55. The van der Waals surface area contributed by atoms with Crippen molar-refractivity contribution >= 4 is 27.4 Å². The monoisotopic (exact) mass is 444 g/mol. The van der Waals surface area contributed by atoms with Crippen molar-refractivity contribution in [1.29, 1.82) is 0 Å². The molecule has 4 rings (SSSR count). The molecular weight excluding hydrogens is 416 g/mol. The molecule has 1 fully saturated rings. The first kappa shape index (κ1) is 21.8. The summed E-state index contributed by atoms with van der Waals surface area (Å²) in [6.07, 6.45) is 3.65. The van der Waals surface area contributed by atoms with Gasteiger partial charge in [-0.3, -0.25) is 9.59 Å². The van der Waals surface area contributed by atoms with Crippen molar-refractivity contribution in [3.63, 3.8) is 0 Å². The SMILES string of the molecule is Cc1c(C(=O)Nc2ccccc2S(=O)(=O)N2CCCCC2)oc2c1C(=O)CC(C)(C)C2. The van der Waals surface area contributed by atoms with Gasteiger partial charge in [-0.2, -0.15) is 4.31 Å². The molecular formula is C23H28N2O5S. The number of sulfonamides is 1. The molecule has 0 bridgehead atoms. The van der Waals surface area contributed by atoms with Crippen molar-refractivity contribution in [2.45, 2.75) is 57.8 Å². The van der Waals surface area contributed by atoms with Crippen LogP contribution in [0.3, 0.4) is 0 Å². The second-order valence-corrected chi connectivity index (χ2v) is 11.1. The first-order valence-corrected chi connectivity index (χ1v) is 12.1. The highest BCUT2D eigenvalue weighted by atomic mass is 32.2. The number of nitrogens with zero attached hydrogens (tertiary/aromatic N) is 1. The summed E-state index contributed by atoms with van der Waals surface area (Å²) in [6.45, 7) is 6.64. The number of hydrogen-bond donors (Lipinski definition) is 1. The molecule has 166 valence electrons. The van der Waals surface area contributed by atoms with E-state index in [1.165, 1.54) is 10.4 Å². The summed E-state index contributed by atoms with van der Waals surface area (Å²) in [4.78, 5) is 25.7. The quantitative estimate of drug-likeness (QED) is 0.763. The number of furan rings is 1. The van der Waals surface area contributed by atoms with Gasteiger partial charge in [0.2, 0.25) is 10.0 Å². The van der Waals surface area contributed by atoms with Crippen molar-refractivity contribution < 1.29 is 22.4 Å². The highest BCUT2D eigenvalue weighted by Crippen LogP contribution is 2.38. The van der Waals surface area contributed by atoms with E-state index in [0.717, 1.165) is 19.3 Å². The van der Waals surface area contributed by atoms with Crippen LogP contribution < -0.4 is 5.32 Å². The van der Waals surface area contributed by atoms with E-state index in [4.69, 9.17) is 4.42 Å². The number of Topliss-reactive ketones (excluding diaryl/α,β-unsaturated/α-hetero) is 1. The van der Waals surface area contributed by atoms with Gasteiger partial charge in [-0.05, 0) is 37.3 Å². The largest absolute Gasteiger partial charge is 0.455 e. The number of para-hydroxylation sites is 1. The van der Waals surface area contributed by atoms with Crippen LogP contribution in [-0.4, -0.2) is 37.5 Å². The lowest BCUT2D eigenvalue weighted by Gasteiger charge is -2.27. The molecule has 1 aromatic carbocycles. The maximum absolute atomic E-state index is 13.2. The Morgan fingerprint density at radius 1 is 1.10 bits per heavy atom. The van der Waals surface area contributed by atoms with Gasteiger partial charge in [0, 0.05) is 31.5 Å². The first-order valence-electron chi connectivity index (χ1n) is 10.7. The van der Waals surface area contributed by atoms with Gasteiger partial charge < -0.3 is 9.73 Å². The molecule has 2 aliphatic rings. The Bertz CT molecular complexity index is 1140. The maximum Gasteiger partial charge on any atom is 0.291 e. The molecule has 7 nitrogen and oxygen atoms in total. The summed E-state index contributed by atoms with van der Waals surface area (Å²) < 4.78 is 33.6. The van der Waals surface area contributed by atoms with Crippen LogP contribution in [0.2, 0.25) is 0 Å². The van der Waals surface area contributed by atoms with Crippen LogP contribution in [0.15, 0.2) is 33.6 Å². The van der Waals surface area contributed by atoms with E-state index in [1.54, 1.807) is 25.1 Å². The van der Waals surface area contributed by atoms with Gasteiger partial charge in [-0.25, -0.2) is 8.42 Å². The molecule has 0 unspecified atom stereocenters. The summed E-state index contributed by atoms with van der Waals surface area (Å²) in [6, 6.07) is 6.40. The number of carbonyl (C=O) groups is 2. The van der Waals surface area contributed by atoms with Gasteiger partial charge in [0.25, 0.3) is 5.91 Å². The Morgan fingerprint density at radius 3 is 2.48 bits per heavy atom. The lowest BCUT2D eigenvalue weighted by molar-refractivity contribution is 0.0898. The van der Waals surface area contributed by atoms with Gasteiger partial charge in [-0.15, -0.1) is 0 Å². The van der Waals surface area contributed by atoms with E-state index in [-0.39, 0.29) is 27.5 Å². The number of benzene rings is 1. The van der Waals surface area contributed by atoms with E-state index in [2.05, 4.69) is 5.32 Å². The van der Waals surface area contributed by atoms with Crippen molar-refractivity contribution in [1.82, 2.24) is 4.31 Å². The van der Waals surface area contributed by atoms with Gasteiger partial charge in [0.05, 0.1) is 11.3 Å². The molecule has 0 saturated carbocycles. The summed E-state index contributed by atoms with van der Waals surface area (Å²) in [5.74, 6) is -0.00206. The van der Waals surface area contributed by atoms with E-state index in [9.17, 15) is 18.0 Å². The molecule has 0 spiro atoms. The normalized spacial score (nSPS) is 19.1. The Morgan fingerprint density at radius 2 is 1.77 bits per heavy atom. The Balaban J connectivity index is 1.65. The van der Waals surface area contributed by atoms with Gasteiger partial charge >= 0.3 is 0 Å². The molecule has 8 heteroatoms. The summed E-state index contributed by atoms with van der Waals surface area (Å²) in [5, 5.41) is 2.71. The molecule has 0 atom stereocenters. The van der Waals surface area contributed by atoms with Gasteiger partial charge in [0.15, 0.2) is 11.5 Å². The fourth-order valence-electron chi connectivity index (χ4n) is 4.52. The summed E-state index contributed by atoms with van der Waals surface area (Å²) >= 11 is 0. The molecule has 31 heavy (non-hydrogen) atoms. The molecule has 2 heterocycles. The zero-order chi connectivity index (χ0) is 22.4. The number of fused-ring (bicyclic) bond motifs is 1. The minimum Gasteiger partial charge on any atom is -0.455 e. The lowest BCUT2D eigenvalue weighted by Crippen LogP contribution is -2.36. The molecule has 1 aliphatic carbocycles. The lowest BCUT2D eigenvalue weighted by atomic mass is 9.76. The summed E-state index contributed by atoms with van der Waals surface area (Å²) in [7, 11) is -3.72. The minimum atomic E-state index is -3.72. The highest BCUT2D eigenvalue weighted by molar-refractivity contribution is 7.89. The number of ketones is 1. The van der Waals surface area contributed by atoms with E-state index in [1.807, 2.05) is 13.8 Å². The van der Waals surface area contributed by atoms with Crippen LogP contribution in [-0.2, 0) is 16.4 Å². The Hall–Kier alpha value is -2.45. The average Bonchev–Trinajstić information content (AvgIpc) is 3.04. The number of hydrogen-bond acceptors (Lipinski definition) is 5. The van der Waals surface area contributed by atoms with Gasteiger partial charge in [0.1, 0.15) is 10.7 Å². The van der Waals surface area contributed by atoms with Crippen LogP contribution in [0.5, 0.6) is 0 Å². The van der Waals surface area contributed by atoms with Gasteiger partial charge in [-0.1, -0.05) is 32.4 Å². The molecule has 0 radical (unpaired) electrons. The number of carbonyl (C=O) groups excluding carboxylic acids is 2. The number of amides is 1. The number of anilines is 1. The predicted molar refractivity (Wildman–Crippen MR) is 117 cm³/mol.